The van der Waals surface area contributed by atoms with Crippen LogP contribution < -0.4 is 11.1 Å². The zero-order valence-electron chi connectivity index (χ0n) is 18.2. The van der Waals surface area contributed by atoms with Gasteiger partial charge in [-0.25, -0.2) is 9.37 Å². The van der Waals surface area contributed by atoms with Crippen LogP contribution in [0.1, 0.15) is 47.7 Å². The minimum Gasteiger partial charge on any atom is -0.349 e. The molecule has 168 valence electrons. The standard InChI is InChI=1S/C24H26ClFN4O2/c1-14(2)10-21(27)24(32)29-13-17-12-28-15(3)30(17)22-9-8-16(25)11-19(22)23(31)18-6-4-5-7-20(18)26/h4-9,11-12,14,21H,10,13,27H2,1-3H3,(H,29,32)/t21-/m0/s1. The highest BCUT2D eigenvalue weighted by molar-refractivity contribution is 6.31. The molecular weight excluding hydrogens is 431 g/mol. The number of carbonyl (C=O) groups is 2. The summed E-state index contributed by atoms with van der Waals surface area (Å²) in [5, 5.41) is 3.18. The molecular formula is C24H26ClFN4O2. The molecule has 1 amide bonds. The van der Waals surface area contributed by atoms with Crippen molar-refractivity contribution in [3.8, 4) is 5.69 Å². The van der Waals surface area contributed by atoms with Crippen molar-refractivity contribution in [3.63, 3.8) is 0 Å². The number of rotatable bonds is 8. The van der Waals surface area contributed by atoms with Crippen LogP contribution in [-0.2, 0) is 11.3 Å². The number of halogens is 2. The molecule has 1 heterocycles. The monoisotopic (exact) mass is 456 g/mol. The quantitative estimate of drug-likeness (QED) is 0.497. The molecule has 3 rings (SSSR count). The highest BCUT2D eigenvalue weighted by Crippen LogP contribution is 2.26. The lowest BCUT2D eigenvalue weighted by molar-refractivity contribution is -0.122. The molecule has 6 nitrogen and oxygen atoms in total. The van der Waals surface area contributed by atoms with Crippen LogP contribution in [0.5, 0.6) is 0 Å². The number of ketones is 1. The minimum atomic E-state index is -0.614. The van der Waals surface area contributed by atoms with Crippen LogP contribution in [-0.4, -0.2) is 27.3 Å². The largest absolute Gasteiger partial charge is 0.349 e. The molecule has 0 aliphatic carbocycles. The first kappa shape index (κ1) is 23.6. The first-order valence-electron chi connectivity index (χ1n) is 10.3. The van der Waals surface area contributed by atoms with Gasteiger partial charge in [-0.05, 0) is 49.6 Å². The number of hydrogen-bond acceptors (Lipinski definition) is 4. The summed E-state index contributed by atoms with van der Waals surface area (Å²) in [5.74, 6) is -0.474. The fraction of sp³-hybridized carbons (Fsp3) is 0.292. The van der Waals surface area contributed by atoms with Gasteiger partial charge < -0.3 is 11.1 Å². The Morgan fingerprint density at radius 1 is 1.19 bits per heavy atom. The topological polar surface area (TPSA) is 90.0 Å². The van der Waals surface area contributed by atoms with E-state index >= 15 is 0 Å². The molecule has 8 heteroatoms. The van der Waals surface area contributed by atoms with Gasteiger partial charge in [-0.2, -0.15) is 0 Å². The molecule has 1 aromatic heterocycles. The Kier molecular flexibility index (Phi) is 7.43. The lowest BCUT2D eigenvalue weighted by Gasteiger charge is -2.17. The van der Waals surface area contributed by atoms with E-state index in [0.29, 0.717) is 34.6 Å². The fourth-order valence-electron chi connectivity index (χ4n) is 3.54. The van der Waals surface area contributed by atoms with Gasteiger partial charge in [-0.3, -0.25) is 14.2 Å². The number of benzene rings is 2. The Balaban J connectivity index is 1.96. The van der Waals surface area contributed by atoms with Crippen molar-refractivity contribution in [2.45, 2.75) is 39.8 Å². The number of imidazole rings is 1. The molecule has 0 aliphatic heterocycles. The van der Waals surface area contributed by atoms with Gasteiger partial charge in [0.05, 0.1) is 35.7 Å². The Hall–Kier alpha value is -3.03. The van der Waals surface area contributed by atoms with Crippen molar-refractivity contribution in [3.05, 3.63) is 82.1 Å². The predicted octanol–water partition coefficient (Wildman–Crippen LogP) is 4.19. The van der Waals surface area contributed by atoms with E-state index in [4.69, 9.17) is 17.3 Å². The van der Waals surface area contributed by atoms with E-state index in [2.05, 4.69) is 10.3 Å². The van der Waals surface area contributed by atoms with Crippen LogP contribution in [0.25, 0.3) is 5.69 Å². The van der Waals surface area contributed by atoms with Gasteiger partial charge in [0.1, 0.15) is 11.6 Å². The van der Waals surface area contributed by atoms with E-state index in [0.717, 1.165) is 0 Å². The van der Waals surface area contributed by atoms with Crippen LogP contribution >= 0.6 is 11.6 Å². The van der Waals surface area contributed by atoms with Crippen molar-refractivity contribution < 1.29 is 14.0 Å². The summed E-state index contributed by atoms with van der Waals surface area (Å²) >= 11 is 6.17. The van der Waals surface area contributed by atoms with Gasteiger partial charge >= 0.3 is 0 Å². The third-order valence-electron chi connectivity index (χ3n) is 5.08. The van der Waals surface area contributed by atoms with Crippen LogP contribution in [0.4, 0.5) is 4.39 Å². The molecule has 0 saturated heterocycles. The molecule has 0 bridgehead atoms. The van der Waals surface area contributed by atoms with Gasteiger partial charge in [0, 0.05) is 10.6 Å². The molecule has 0 unspecified atom stereocenters. The second-order valence-corrected chi connectivity index (χ2v) is 8.49. The number of amides is 1. The second-order valence-electron chi connectivity index (χ2n) is 8.06. The maximum absolute atomic E-state index is 14.3. The van der Waals surface area contributed by atoms with Crippen molar-refractivity contribution in [2.24, 2.45) is 11.7 Å². The zero-order valence-corrected chi connectivity index (χ0v) is 19.0. The number of hydrogen-bond donors (Lipinski definition) is 2. The van der Waals surface area contributed by atoms with Crippen LogP contribution in [0.2, 0.25) is 5.02 Å². The summed E-state index contributed by atoms with van der Waals surface area (Å²) in [6.07, 6.45) is 2.19. The molecule has 3 aromatic rings. The smallest absolute Gasteiger partial charge is 0.237 e. The number of carbonyl (C=O) groups excluding carboxylic acids is 2. The van der Waals surface area contributed by atoms with Gasteiger partial charge in [-0.1, -0.05) is 37.6 Å². The summed E-state index contributed by atoms with van der Waals surface area (Å²) < 4.78 is 16.1. The van der Waals surface area contributed by atoms with Crippen molar-refractivity contribution in [1.82, 2.24) is 14.9 Å². The summed E-state index contributed by atoms with van der Waals surface area (Å²) in [6.45, 7) is 5.95. The lowest BCUT2D eigenvalue weighted by atomic mass is 10.0. The number of nitrogens with zero attached hydrogens (tertiary/aromatic N) is 2. The molecule has 32 heavy (non-hydrogen) atoms. The second kappa shape index (κ2) is 10.1. The number of aromatic nitrogens is 2. The number of nitrogens with two attached hydrogens (primary N) is 1. The van der Waals surface area contributed by atoms with Crippen LogP contribution in [0, 0.1) is 18.7 Å². The summed E-state index contributed by atoms with van der Waals surface area (Å²) in [5.41, 5.74) is 7.29. The minimum absolute atomic E-state index is 0.0525. The van der Waals surface area contributed by atoms with E-state index < -0.39 is 17.6 Å². The van der Waals surface area contributed by atoms with Gasteiger partial charge in [0.15, 0.2) is 5.78 Å². The normalized spacial score (nSPS) is 12.1. The van der Waals surface area contributed by atoms with Gasteiger partial charge in [-0.15, -0.1) is 0 Å². The zero-order chi connectivity index (χ0) is 23.4. The Bertz CT molecular complexity index is 1140. The van der Waals surface area contributed by atoms with Crippen molar-refractivity contribution in [1.29, 1.82) is 0 Å². The average molecular weight is 457 g/mol. The maximum atomic E-state index is 14.3. The molecule has 0 spiro atoms. The van der Waals surface area contributed by atoms with Crippen LogP contribution in [0.3, 0.4) is 0 Å². The number of nitrogens with one attached hydrogen (secondary N) is 1. The van der Waals surface area contributed by atoms with E-state index in [1.807, 2.05) is 13.8 Å². The third kappa shape index (κ3) is 5.23. The van der Waals surface area contributed by atoms with Crippen molar-refractivity contribution in [2.75, 3.05) is 0 Å². The summed E-state index contributed by atoms with van der Waals surface area (Å²) in [7, 11) is 0. The van der Waals surface area contributed by atoms with Gasteiger partial charge in [0.2, 0.25) is 5.91 Å². The summed E-state index contributed by atoms with van der Waals surface area (Å²) in [6, 6.07) is 10.0. The molecule has 3 N–H and O–H groups in total. The highest BCUT2D eigenvalue weighted by Gasteiger charge is 2.22. The molecule has 0 saturated carbocycles. The fourth-order valence-corrected chi connectivity index (χ4v) is 3.72. The molecule has 2 aromatic carbocycles. The van der Waals surface area contributed by atoms with E-state index in [9.17, 15) is 14.0 Å². The Morgan fingerprint density at radius 2 is 1.91 bits per heavy atom. The molecule has 0 radical (unpaired) electrons. The molecule has 1 atom stereocenters. The molecule has 0 fully saturated rings. The summed E-state index contributed by atoms with van der Waals surface area (Å²) in [4.78, 5) is 29.9. The maximum Gasteiger partial charge on any atom is 0.237 e. The SMILES string of the molecule is Cc1ncc(CNC(=O)[C@@H](N)CC(C)C)n1-c1ccc(Cl)cc1C(=O)c1ccccc1F. The first-order valence-corrected chi connectivity index (χ1v) is 10.7. The van der Waals surface area contributed by atoms with E-state index in [1.165, 1.54) is 24.3 Å². The first-order chi connectivity index (χ1) is 15.2. The Labute approximate surface area is 191 Å². The lowest BCUT2D eigenvalue weighted by Crippen LogP contribution is -2.41. The van der Waals surface area contributed by atoms with E-state index in [1.54, 1.807) is 35.9 Å². The third-order valence-corrected chi connectivity index (χ3v) is 5.31. The predicted molar refractivity (Wildman–Crippen MR) is 122 cm³/mol. The molecule has 0 aliphatic rings. The van der Waals surface area contributed by atoms with Crippen LogP contribution in [0.15, 0.2) is 48.7 Å². The van der Waals surface area contributed by atoms with E-state index in [-0.39, 0.29) is 23.6 Å². The number of aryl methyl sites for hydroxylation is 1. The average Bonchev–Trinajstić information content (AvgIpc) is 3.11. The Morgan fingerprint density at radius 3 is 2.59 bits per heavy atom. The van der Waals surface area contributed by atoms with Gasteiger partial charge in [0.25, 0.3) is 0 Å². The highest BCUT2D eigenvalue weighted by atomic mass is 35.5. The van der Waals surface area contributed by atoms with Crippen molar-refractivity contribution >= 4 is 23.3 Å².